The van der Waals surface area contributed by atoms with Crippen LogP contribution in [0.1, 0.15) is 114 Å². The molecule has 1 amide bonds. The van der Waals surface area contributed by atoms with Crippen molar-refractivity contribution in [2.75, 3.05) is 19.5 Å². The Morgan fingerprint density at radius 1 is 0.742 bits per heavy atom. The van der Waals surface area contributed by atoms with Gasteiger partial charge in [-0.05, 0) is 19.4 Å². The molecule has 0 saturated heterocycles. The lowest BCUT2D eigenvalue weighted by Crippen LogP contribution is -2.13. The molecule has 0 unspecified atom stereocenters. The van der Waals surface area contributed by atoms with E-state index in [9.17, 15) is 9.59 Å². The molecule has 0 aliphatic carbocycles. The van der Waals surface area contributed by atoms with Crippen molar-refractivity contribution in [3.8, 4) is 11.5 Å². The first-order valence-corrected chi connectivity index (χ1v) is 12.1. The molecular formula is C26H43NO4. The molecule has 0 spiro atoms. The number of benzene rings is 1. The molecule has 1 rings (SSSR count). The van der Waals surface area contributed by atoms with Gasteiger partial charge in [-0.25, -0.2) is 0 Å². The van der Waals surface area contributed by atoms with E-state index < -0.39 is 0 Å². The summed E-state index contributed by atoms with van der Waals surface area (Å²) in [4.78, 5) is 24.1. The number of unbranched alkanes of at least 4 members (excludes halogenated alkanes) is 12. The van der Waals surface area contributed by atoms with Gasteiger partial charge in [0, 0.05) is 12.5 Å². The number of carbonyl (C=O) groups excluding carboxylic acids is 2. The van der Waals surface area contributed by atoms with Gasteiger partial charge in [0.05, 0.1) is 25.5 Å². The van der Waals surface area contributed by atoms with Crippen LogP contribution < -0.4 is 14.8 Å². The molecule has 0 aliphatic rings. The Labute approximate surface area is 189 Å². The van der Waals surface area contributed by atoms with Gasteiger partial charge in [0.15, 0.2) is 5.78 Å². The predicted molar refractivity (Wildman–Crippen MR) is 128 cm³/mol. The van der Waals surface area contributed by atoms with Crippen molar-refractivity contribution in [1.82, 2.24) is 0 Å². The summed E-state index contributed by atoms with van der Waals surface area (Å²) in [5, 5.41) is 2.89. The summed E-state index contributed by atoms with van der Waals surface area (Å²) in [5.41, 5.74) is 0.970. The third-order valence-electron chi connectivity index (χ3n) is 5.68. The van der Waals surface area contributed by atoms with Gasteiger partial charge in [-0.2, -0.15) is 0 Å². The van der Waals surface area contributed by atoms with Crippen molar-refractivity contribution >= 4 is 17.4 Å². The summed E-state index contributed by atoms with van der Waals surface area (Å²) in [6.45, 7) is 3.74. The van der Waals surface area contributed by atoms with Gasteiger partial charge in [-0.15, -0.1) is 0 Å². The number of hydrogen-bond donors (Lipinski definition) is 1. The van der Waals surface area contributed by atoms with Crippen LogP contribution >= 0.6 is 0 Å². The van der Waals surface area contributed by atoms with E-state index in [1.165, 1.54) is 91.8 Å². The summed E-state index contributed by atoms with van der Waals surface area (Å²) < 4.78 is 10.6. The molecule has 0 aliphatic heterocycles. The second kappa shape index (κ2) is 16.6. The first kappa shape index (κ1) is 27.0. The lowest BCUT2D eigenvalue weighted by atomic mass is 10.0. The zero-order valence-electron chi connectivity index (χ0n) is 20.2. The molecule has 1 N–H and O–H groups in total. The topological polar surface area (TPSA) is 64.6 Å². The van der Waals surface area contributed by atoms with E-state index in [4.69, 9.17) is 9.47 Å². The average Bonchev–Trinajstić information content (AvgIpc) is 2.76. The van der Waals surface area contributed by atoms with Crippen LogP contribution in [-0.4, -0.2) is 25.9 Å². The van der Waals surface area contributed by atoms with Crippen molar-refractivity contribution in [1.29, 1.82) is 0 Å². The molecule has 5 nitrogen and oxygen atoms in total. The van der Waals surface area contributed by atoms with Gasteiger partial charge in [0.25, 0.3) is 0 Å². The number of hydrogen-bond acceptors (Lipinski definition) is 4. The highest BCUT2D eigenvalue weighted by molar-refractivity contribution is 6.00. The summed E-state index contributed by atoms with van der Waals surface area (Å²) in [5.74, 6) is 0.744. The molecule has 0 radical (unpaired) electrons. The second-order valence-electron chi connectivity index (χ2n) is 8.35. The number of amides is 1. The van der Waals surface area contributed by atoms with E-state index in [-0.39, 0.29) is 11.7 Å². The molecule has 31 heavy (non-hydrogen) atoms. The van der Waals surface area contributed by atoms with Gasteiger partial charge in [0.2, 0.25) is 5.91 Å². The van der Waals surface area contributed by atoms with Crippen molar-refractivity contribution < 1.29 is 19.1 Å². The molecule has 5 heteroatoms. The number of nitrogens with one attached hydrogen (secondary N) is 1. The number of Topliss-reactive ketones (excluding diaryl/α,β-unsaturated/α-hetero) is 1. The van der Waals surface area contributed by atoms with E-state index in [0.717, 1.165) is 12.8 Å². The second-order valence-corrected chi connectivity index (χ2v) is 8.35. The van der Waals surface area contributed by atoms with E-state index in [1.54, 1.807) is 12.1 Å². The number of ether oxygens (including phenoxy) is 2. The molecule has 176 valence electrons. The highest BCUT2D eigenvalue weighted by Gasteiger charge is 2.15. The van der Waals surface area contributed by atoms with Crippen LogP contribution in [0.25, 0.3) is 0 Å². The maximum Gasteiger partial charge on any atom is 0.224 e. The van der Waals surface area contributed by atoms with E-state index >= 15 is 0 Å². The zero-order valence-corrected chi connectivity index (χ0v) is 20.2. The van der Waals surface area contributed by atoms with E-state index in [1.807, 2.05) is 0 Å². The molecule has 0 saturated carbocycles. The largest absolute Gasteiger partial charge is 0.496 e. The molecule has 0 fully saturated rings. The quantitative estimate of drug-likeness (QED) is 0.194. The van der Waals surface area contributed by atoms with Crippen molar-refractivity contribution in [2.45, 2.75) is 104 Å². The first-order chi connectivity index (χ1) is 15.0. The molecule has 0 heterocycles. The van der Waals surface area contributed by atoms with Gasteiger partial charge in [-0.1, -0.05) is 84.0 Å². The summed E-state index contributed by atoms with van der Waals surface area (Å²) in [6, 6.07) is 3.26. The van der Waals surface area contributed by atoms with Crippen molar-refractivity contribution in [3.63, 3.8) is 0 Å². The Morgan fingerprint density at radius 2 is 1.23 bits per heavy atom. The monoisotopic (exact) mass is 433 g/mol. The Morgan fingerprint density at radius 3 is 1.68 bits per heavy atom. The normalized spacial score (nSPS) is 10.7. The van der Waals surface area contributed by atoms with Gasteiger partial charge < -0.3 is 14.8 Å². The van der Waals surface area contributed by atoms with Gasteiger partial charge in [-0.3, -0.25) is 9.59 Å². The highest BCUT2D eigenvalue weighted by Crippen LogP contribution is 2.33. The highest BCUT2D eigenvalue weighted by atomic mass is 16.5. The van der Waals surface area contributed by atoms with Crippen LogP contribution in [0.5, 0.6) is 11.5 Å². The smallest absolute Gasteiger partial charge is 0.224 e. The van der Waals surface area contributed by atoms with Crippen LogP contribution in [0.4, 0.5) is 5.69 Å². The van der Waals surface area contributed by atoms with Crippen molar-refractivity contribution in [3.05, 3.63) is 17.7 Å². The van der Waals surface area contributed by atoms with Crippen molar-refractivity contribution in [2.24, 2.45) is 0 Å². The lowest BCUT2D eigenvalue weighted by Gasteiger charge is -2.14. The first-order valence-electron chi connectivity index (χ1n) is 12.1. The third kappa shape index (κ3) is 11.2. The summed E-state index contributed by atoms with van der Waals surface area (Å²) in [7, 11) is 3.03. The number of ketones is 1. The molecule has 0 aromatic heterocycles. The standard InChI is InChI=1S/C26H43NO4/c1-5-6-7-8-9-10-11-12-13-14-15-16-17-18-26(29)27-23-20-24(30-3)22(21(2)28)19-25(23)31-4/h19-20H,5-18H2,1-4H3,(H,27,29). The number of rotatable bonds is 18. The Balaban J connectivity index is 2.20. The van der Waals surface area contributed by atoms with E-state index in [0.29, 0.717) is 29.2 Å². The molecule has 1 aromatic rings. The molecule has 1 aromatic carbocycles. The minimum atomic E-state index is -0.111. The van der Waals surface area contributed by atoms with Crippen LogP contribution in [0, 0.1) is 0 Å². The molecule has 0 bridgehead atoms. The van der Waals surface area contributed by atoms with Crippen LogP contribution in [0.15, 0.2) is 12.1 Å². The molecule has 0 atom stereocenters. The summed E-state index contributed by atoms with van der Waals surface area (Å²) in [6.07, 6.45) is 17.2. The SMILES string of the molecule is CCCCCCCCCCCCCCCC(=O)Nc1cc(OC)c(C(C)=O)cc1OC. The zero-order chi connectivity index (χ0) is 22.9. The fourth-order valence-electron chi connectivity index (χ4n) is 3.79. The minimum Gasteiger partial charge on any atom is -0.496 e. The van der Waals surface area contributed by atoms with Crippen LogP contribution in [0.3, 0.4) is 0 Å². The van der Waals surface area contributed by atoms with Crippen LogP contribution in [0.2, 0.25) is 0 Å². The van der Waals surface area contributed by atoms with Crippen LogP contribution in [-0.2, 0) is 4.79 Å². The number of methoxy groups -OCH3 is 2. The van der Waals surface area contributed by atoms with Gasteiger partial charge >= 0.3 is 0 Å². The predicted octanol–water partition coefficient (Wildman–Crippen LogP) is 7.33. The Kier molecular flexibility index (Phi) is 14.5. The third-order valence-corrected chi connectivity index (χ3v) is 5.68. The summed E-state index contributed by atoms with van der Waals surface area (Å²) >= 11 is 0. The molecular weight excluding hydrogens is 390 g/mol. The lowest BCUT2D eigenvalue weighted by molar-refractivity contribution is -0.116. The number of anilines is 1. The van der Waals surface area contributed by atoms with Gasteiger partial charge in [0.1, 0.15) is 11.5 Å². The minimum absolute atomic E-state index is 0.0426. The average molecular weight is 434 g/mol. The Hall–Kier alpha value is -2.04. The van der Waals surface area contributed by atoms with E-state index in [2.05, 4.69) is 12.2 Å². The Bertz CT molecular complexity index is 657. The maximum atomic E-state index is 12.3. The fourth-order valence-corrected chi connectivity index (χ4v) is 3.79. The number of carbonyl (C=O) groups is 2. The maximum absolute atomic E-state index is 12.3. The fraction of sp³-hybridized carbons (Fsp3) is 0.692.